The van der Waals surface area contributed by atoms with Crippen molar-refractivity contribution in [2.45, 2.75) is 5.92 Å². The van der Waals surface area contributed by atoms with Crippen molar-refractivity contribution in [3.63, 3.8) is 0 Å². The molecule has 0 radical (unpaired) electrons. The average Bonchev–Trinajstić information content (AvgIpc) is 3.09. The number of hydrogen-bond acceptors (Lipinski definition) is 3. The SMILES string of the molecule is C1=C[CH-]C2C(=C1)C=Cc1cccnc12.[Ir+3].[c-]1cccc2ccc3cccnc3c12.[c-]1cccc2ccc3cccnc3c12. The van der Waals surface area contributed by atoms with E-state index in [0.29, 0.717) is 5.92 Å². The fourth-order valence-electron chi connectivity index (χ4n) is 5.45. The topological polar surface area (TPSA) is 38.7 Å². The van der Waals surface area contributed by atoms with E-state index in [2.05, 4.69) is 118 Å². The molecule has 9 rings (SSSR count). The van der Waals surface area contributed by atoms with Gasteiger partial charge in [0.2, 0.25) is 0 Å². The Balaban J connectivity index is 0.000000113. The van der Waals surface area contributed by atoms with Crippen molar-refractivity contribution in [1.29, 1.82) is 0 Å². The van der Waals surface area contributed by atoms with Gasteiger partial charge >= 0.3 is 20.1 Å². The molecule has 0 aliphatic heterocycles. The van der Waals surface area contributed by atoms with E-state index in [4.69, 9.17) is 0 Å². The molecule has 4 heteroatoms. The second kappa shape index (κ2) is 13.0. The number of aromatic nitrogens is 3. The molecular weight excluding hydrogens is 703 g/mol. The van der Waals surface area contributed by atoms with Gasteiger partial charge in [0.05, 0.1) is 0 Å². The Bertz CT molecular complexity index is 1920. The largest absolute Gasteiger partial charge is 3.00 e. The fourth-order valence-corrected chi connectivity index (χ4v) is 5.45. The van der Waals surface area contributed by atoms with E-state index in [-0.39, 0.29) is 20.1 Å². The zero-order valence-corrected chi connectivity index (χ0v) is 25.6. The summed E-state index contributed by atoms with van der Waals surface area (Å²) in [6, 6.07) is 39.0. The van der Waals surface area contributed by atoms with E-state index in [1.807, 2.05) is 61.1 Å². The Morgan fingerprint density at radius 1 is 0.581 bits per heavy atom. The monoisotopic (exact) mass is 729 g/mol. The van der Waals surface area contributed by atoms with Crippen molar-refractivity contribution in [1.82, 2.24) is 15.0 Å². The van der Waals surface area contributed by atoms with E-state index in [1.165, 1.54) is 38.4 Å². The molecule has 0 saturated carbocycles. The summed E-state index contributed by atoms with van der Waals surface area (Å²) >= 11 is 0. The van der Waals surface area contributed by atoms with Gasteiger partial charge in [0.25, 0.3) is 0 Å². The first kappa shape index (κ1) is 28.2. The molecule has 43 heavy (non-hydrogen) atoms. The minimum absolute atomic E-state index is 0. The summed E-state index contributed by atoms with van der Waals surface area (Å²) in [6.45, 7) is 0. The first-order valence-corrected chi connectivity index (χ1v) is 14.0. The molecule has 3 heterocycles. The molecule has 0 fully saturated rings. The Labute approximate surface area is 264 Å². The van der Waals surface area contributed by atoms with E-state index < -0.39 is 0 Å². The van der Waals surface area contributed by atoms with Crippen LogP contribution in [-0.4, -0.2) is 15.0 Å². The molecule has 1 atom stereocenters. The van der Waals surface area contributed by atoms with Crippen molar-refractivity contribution >= 4 is 49.4 Å². The summed E-state index contributed by atoms with van der Waals surface area (Å²) < 4.78 is 0. The van der Waals surface area contributed by atoms with Gasteiger partial charge in [-0.1, -0.05) is 60.2 Å². The van der Waals surface area contributed by atoms with Crippen LogP contribution in [0.15, 0.2) is 146 Å². The molecule has 0 N–H and O–H groups in total. The van der Waals surface area contributed by atoms with Gasteiger partial charge in [0, 0.05) is 24.3 Å². The number of benzene rings is 4. The molecule has 0 amide bonds. The van der Waals surface area contributed by atoms with Crippen LogP contribution in [0.4, 0.5) is 0 Å². The zero-order valence-electron chi connectivity index (χ0n) is 23.2. The van der Waals surface area contributed by atoms with Gasteiger partial charge in [0.1, 0.15) is 0 Å². The standard InChI is InChI=1S/C13H10N.2C13H8N.Ir/c3*1-2-6-12-10(4-1)7-8-11-5-3-9-14-13(11)12;/h1-9,12H;2*1-5,7-9H;/q3*-1;+3. The summed E-state index contributed by atoms with van der Waals surface area (Å²) in [5.74, 6) is 0.362. The van der Waals surface area contributed by atoms with Gasteiger partial charge < -0.3 is 9.97 Å². The Hall–Kier alpha value is -4.89. The summed E-state index contributed by atoms with van der Waals surface area (Å²) in [6.07, 6.45) is 18.3. The fraction of sp³-hybridized carbons (Fsp3) is 0.0256. The Morgan fingerprint density at radius 3 is 1.79 bits per heavy atom. The van der Waals surface area contributed by atoms with Gasteiger partial charge in [-0.3, -0.25) is 4.98 Å². The number of allylic oxidation sites excluding steroid dienone is 5. The summed E-state index contributed by atoms with van der Waals surface area (Å²) in [4.78, 5) is 13.2. The Morgan fingerprint density at radius 2 is 1.14 bits per heavy atom. The van der Waals surface area contributed by atoms with Crippen molar-refractivity contribution in [2.24, 2.45) is 0 Å². The van der Waals surface area contributed by atoms with E-state index in [0.717, 1.165) is 21.8 Å². The molecule has 2 aliphatic carbocycles. The third kappa shape index (κ3) is 5.89. The van der Waals surface area contributed by atoms with Crippen LogP contribution in [0.2, 0.25) is 0 Å². The maximum Gasteiger partial charge on any atom is 3.00 e. The molecule has 206 valence electrons. The number of rotatable bonds is 0. The molecule has 7 aromatic rings. The summed E-state index contributed by atoms with van der Waals surface area (Å²) in [5, 5.41) is 6.93. The third-order valence-corrected chi connectivity index (χ3v) is 7.50. The van der Waals surface area contributed by atoms with Gasteiger partial charge in [-0.25, -0.2) is 18.6 Å². The predicted octanol–water partition coefficient (Wildman–Crippen LogP) is 9.27. The first-order chi connectivity index (χ1) is 20.8. The van der Waals surface area contributed by atoms with Crippen molar-refractivity contribution in [2.75, 3.05) is 0 Å². The molecular formula is C39H26IrN3. The molecule has 0 bridgehead atoms. The average molecular weight is 729 g/mol. The van der Waals surface area contributed by atoms with Crippen LogP contribution >= 0.6 is 0 Å². The maximum absolute atomic E-state index is 4.45. The number of hydrogen-bond donors (Lipinski definition) is 0. The Kier molecular flexibility index (Phi) is 8.51. The van der Waals surface area contributed by atoms with Crippen molar-refractivity contribution < 1.29 is 20.1 Å². The molecule has 4 aromatic carbocycles. The molecule has 0 saturated heterocycles. The number of fused-ring (bicyclic) bond motifs is 9. The molecule has 2 aliphatic rings. The smallest absolute Gasteiger partial charge is 0.304 e. The van der Waals surface area contributed by atoms with Crippen LogP contribution in [0.25, 0.3) is 49.4 Å². The molecule has 3 aromatic heterocycles. The van der Waals surface area contributed by atoms with Crippen LogP contribution in [0.3, 0.4) is 0 Å². The predicted molar refractivity (Wildman–Crippen MR) is 174 cm³/mol. The third-order valence-electron chi connectivity index (χ3n) is 7.50. The summed E-state index contributed by atoms with van der Waals surface area (Å²) in [7, 11) is 0. The molecule has 1 unspecified atom stereocenters. The minimum atomic E-state index is 0. The number of pyridine rings is 3. The van der Waals surface area contributed by atoms with E-state index in [9.17, 15) is 0 Å². The zero-order chi connectivity index (χ0) is 28.1. The van der Waals surface area contributed by atoms with Crippen molar-refractivity contribution in [3.05, 3.63) is 175 Å². The van der Waals surface area contributed by atoms with Gasteiger partial charge in [-0.2, -0.15) is 0 Å². The van der Waals surface area contributed by atoms with Crippen molar-refractivity contribution in [3.8, 4) is 0 Å². The van der Waals surface area contributed by atoms with Crippen LogP contribution in [0.5, 0.6) is 0 Å². The van der Waals surface area contributed by atoms with Gasteiger partial charge in [-0.15, -0.1) is 76.2 Å². The van der Waals surface area contributed by atoms with Gasteiger partial charge in [-0.05, 0) is 51.5 Å². The van der Waals surface area contributed by atoms with Crippen LogP contribution < -0.4 is 0 Å². The molecule has 0 spiro atoms. The maximum atomic E-state index is 4.45. The normalized spacial score (nSPS) is 14.2. The van der Waals surface area contributed by atoms with Crippen LogP contribution in [-0.2, 0) is 20.1 Å². The second-order valence-electron chi connectivity index (χ2n) is 10.1. The van der Waals surface area contributed by atoms with E-state index >= 15 is 0 Å². The van der Waals surface area contributed by atoms with Crippen LogP contribution in [0.1, 0.15) is 17.2 Å². The first-order valence-electron chi connectivity index (χ1n) is 14.0. The van der Waals surface area contributed by atoms with Crippen LogP contribution in [0, 0.1) is 18.6 Å². The number of nitrogens with zero attached hydrogens (tertiary/aromatic N) is 3. The second-order valence-corrected chi connectivity index (χ2v) is 10.1. The molecule has 3 nitrogen and oxygen atoms in total. The quantitative estimate of drug-likeness (QED) is 0.116. The minimum Gasteiger partial charge on any atom is -0.304 e. The summed E-state index contributed by atoms with van der Waals surface area (Å²) in [5.41, 5.74) is 5.81. The van der Waals surface area contributed by atoms with E-state index in [1.54, 1.807) is 0 Å². The van der Waals surface area contributed by atoms with Gasteiger partial charge in [0.15, 0.2) is 0 Å².